The molecule has 2 fully saturated rings. The lowest BCUT2D eigenvalue weighted by molar-refractivity contribution is 0.244. The summed E-state index contributed by atoms with van der Waals surface area (Å²) >= 11 is 1.94. The second kappa shape index (κ2) is 4.23. The Hall–Kier alpha value is -1.20. The molecule has 0 aromatic heterocycles. The van der Waals surface area contributed by atoms with Gasteiger partial charge in [-0.2, -0.15) is 11.8 Å². The Morgan fingerprint density at radius 3 is 2.59 bits per heavy atom. The molecule has 0 atom stereocenters. The Morgan fingerprint density at radius 1 is 1.18 bits per heavy atom. The maximum atomic E-state index is 12.0. The summed E-state index contributed by atoms with van der Waals surface area (Å²) in [5.41, 5.74) is 4.00. The Morgan fingerprint density at radius 2 is 1.88 bits per heavy atom. The molecular formula is C12H15N3OS. The van der Waals surface area contributed by atoms with Crippen molar-refractivity contribution in [3.05, 3.63) is 30.3 Å². The van der Waals surface area contributed by atoms with Crippen LogP contribution in [0.5, 0.6) is 0 Å². The van der Waals surface area contributed by atoms with Gasteiger partial charge >= 0.3 is 6.03 Å². The van der Waals surface area contributed by atoms with Gasteiger partial charge in [0.25, 0.3) is 0 Å². The van der Waals surface area contributed by atoms with Crippen molar-refractivity contribution in [1.29, 1.82) is 0 Å². The number of nitrogens with zero attached hydrogens (tertiary/aromatic N) is 1. The van der Waals surface area contributed by atoms with Crippen LogP contribution in [0.2, 0.25) is 0 Å². The number of hydrazine groups is 1. The van der Waals surface area contributed by atoms with E-state index in [4.69, 9.17) is 0 Å². The highest BCUT2D eigenvalue weighted by atomic mass is 32.2. The molecule has 1 aromatic carbocycles. The number of anilines is 1. The first-order valence-electron chi connectivity index (χ1n) is 5.82. The molecular weight excluding hydrogens is 234 g/mol. The van der Waals surface area contributed by atoms with Crippen molar-refractivity contribution >= 4 is 23.5 Å². The second-order valence-electron chi connectivity index (χ2n) is 4.41. The number of carbonyl (C=O) groups is 1. The molecule has 0 radical (unpaired) electrons. The highest BCUT2D eigenvalue weighted by Crippen LogP contribution is 2.29. The first-order chi connectivity index (χ1) is 8.29. The summed E-state index contributed by atoms with van der Waals surface area (Å²) in [6.07, 6.45) is 1.96. The first-order valence-corrected chi connectivity index (χ1v) is 6.97. The predicted molar refractivity (Wildman–Crippen MR) is 69.9 cm³/mol. The van der Waals surface area contributed by atoms with Crippen LogP contribution >= 0.6 is 11.8 Å². The zero-order chi connectivity index (χ0) is 11.7. The number of para-hydroxylation sites is 1. The lowest BCUT2D eigenvalue weighted by Crippen LogP contribution is -2.53. The average molecular weight is 249 g/mol. The molecule has 2 N–H and O–H groups in total. The molecule has 2 aliphatic rings. The molecule has 5 heteroatoms. The van der Waals surface area contributed by atoms with Gasteiger partial charge in [0.2, 0.25) is 0 Å². The summed E-state index contributed by atoms with van der Waals surface area (Å²) < 4.78 is 0. The molecule has 2 saturated heterocycles. The van der Waals surface area contributed by atoms with Crippen LogP contribution in [0.25, 0.3) is 0 Å². The van der Waals surface area contributed by atoms with Crippen molar-refractivity contribution in [3.63, 3.8) is 0 Å². The van der Waals surface area contributed by atoms with E-state index < -0.39 is 0 Å². The van der Waals surface area contributed by atoms with Gasteiger partial charge in [-0.25, -0.2) is 15.2 Å². The third-order valence-electron chi connectivity index (χ3n) is 3.24. The average Bonchev–Trinajstić information content (AvgIpc) is 2.68. The summed E-state index contributed by atoms with van der Waals surface area (Å²) in [6, 6.07) is 9.64. The maximum absolute atomic E-state index is 12.0. The van der Waals surface area contributed by atoms with E-state index in [0.29, 0.717) is 0 Å². The zero-order valence-corrected chi connectivity index (χ0v) is 10.3. The predicted octanol–water partition coefficient (Wildman–Crippen LogP) is 1.94. The fourth-order valence-electron chi connectivity index (χ4n) is 2.27. The number of urea groups is 1. The van der Waals surface area contributed by atoms with E-state index in [2.05, 4.69) is 10.7 Å². The van der Waals surface area contributed by atoms with Crippen molar-refractivity contribution in [2.75, 3.05) is 16.5 Å². The monoisotopic (exact) mass is 249 g/mol. The molecule has 2 aliphatic heterocycles. The van der Waals surface area contributed by atoms with Gasteiger partial charge < -0.3 is 5.32 Å². The molecule has 1 aromatic rings. The van der Waals surface area contributed by atoms with Crippen molar-refractivity contribution < 1.29 is 4.79 Å². The van der Waals surface area contributed by atoms with Gasteiger partial charge in [-0.1, -0.05) is 18.2 Å². The van der Waals surface area contributed by atoms with Crippen LogP contribution in [0.4, 0.5) is 10.5 Å². The summed E-state index contributed by atoms with van der Waals surface area (Å²) in [5.74, 6) is 2.19. The van der Waals surface area contributed by atoms with Gasteiger partial charge in [0.05, 0.1) is 5.69 Å². The number of rotatable bonds is 1. The second-order valence-corrected chi connectivity index (χ2v) is 5.63. The molecule has 2 amide bonds. The van der Waals surface area contributed by atoms with Gasteiger partial charge in [-0.05, 0) is 36.5 Å². The molecule has 0 bridgehead atoms. The molecule has 0 unspecified atom stereocenters. The summed E-state index contributed by atoms with van der Waals surface area (Å²) in [7, 11) is 0. The largest absolute Gasteiger partial charge is 0.338 e. The maximum Gasteiger partial charge on any atom is 0.338 e. The topological polar surface area (TPSA) is 44.4 Å². The SMILES string of the molecule is O=C1NC2(CCSCC2)NN1c1ccccc1. The van der Waals surface area contributed by atoms with Crippen LogP contribution in [0.15, 0.2) is 30.3 Å². The third kappa shape index (κ3) is 2.00. The summed E-state index contributed by atoms with van der Waals surface area (Å²) in [5, 5.41) is 4.70. The molecule has 1 spiro atoms. The zero-order valence-electron chi connectivity index (χ0n) is 9.48. The number of thioether (sulfide) groups is 1. The van der Waals surface area contributed by atoms with Crippen LogP contribution in [0.3, 0.4) is 0 Å². The number of benzene rings is 1. The van der Waals surface area contributed by atoms with Gasteiger partial charge in [0, 0.05) is 0 Å². The van der Waals surface area contributed by atoms with Gasteiger partial charge in [0.15, 0.2) is 0 Å². The van der Waals surface area contributed by atoms with E-state index in [0.717, 1.165) is 30.0 Å². The molecule has 2 heterocycles. The van der Waals surface area contributed by atoms with E-state index >= 15 is 0 Å². The van der Waals surface area contributed by atoms with E-state index in [-0.39, 0.29) is 11.7 Å². The molecule has 4 nitrogen and oxygen atoms in total. The Balaban J connectivity index is 1.82. The van der Waals surface area contributed by atoms with Crippen molar-refractivity contribution in [2.24, 2.45) is 0 Å². The number of amides is 2. The van der Waals surface area contributed by atoms with Crippen LogP contribution < -0.4 is 15.8 Å². The molecule has 0 aliphatic carbocycles. The minimum Gasteiger partial charge on any atom is -0.317 e. The Bertz CT molecular complexity index is 417. The summed E-state index contributed by atoms with van der Waals surface area (Å²) in [4.78, 5) is 12.0. The molecule has 3 rings (SSSR count). The van der Waals surface area contributed by atoms with Crippen LogP contribution in [0.1, 0.15) is 12.8 Å². The first kappa shape index (κ1) is 10.9. The lowest BCUT2D eigenvalue weighted by atomic mass is 10.1. The number of hydrogen-bond acceptors (Lipinski definition) is 3. The number of nitrogens with one attached hydrogen (secondary N) is 2. The number of hydrogen-bond donors (Lipinski definition) is 2. The Labute approximate surface area is 105 Å². The normalized spacial score (nSPS) is 22.8. The van der Waals surface area contributed by atoms with Crippen LogP contribution in [-0.4, -0.2) is 23.2 Å². The lowest BCUT2D eigenvalue weighted by Gasteiger charge is -2.32. The van der Waals surface area contributed by atoms with Gasteiger partial charge in [-0.3, -0.25) is 0 Å². The van der Waals surface area contributed by atoms with E-state index in [1.165, 1.54) is 0 Å². The minimum atomic E-state index is -0.224. The molecule has 90 valence electrons. The highest BCUT2D eigenvalue weighted by Gasteiger charge is 2.43. The minimum absolute atomic E-state index is 0.0527. The fraction of sp³-hybridized carbons (Fsp3) is 0.417. The fourth-order valence-corrected chi connectivity index (χ4v) is 3.46. The summed E-state index contributed by atoms with van der Waals surface area (Å²) in [6.45, 7) is 0. The standard InChI is InChI=1S/C12H15N3OS/c16-11-13-12(6-8-17-9-7-12)14-15(11)10-4-2-1-3-5-10/h1-5,14H,6-9H2,(H,13,16). The highest BCUT2D eigenvalue weighted by molar-refractivity contribution is 7.99. The molecule has 0 saturated carbocycles. The quantitative estimate of drug-likeness (QED) is 0.799. The van der Waals surface area contributed by atoms with Crippen LogP contribution in [0, 0.1) is 0 Å². The van der Waals surface area contributed by atoms with Crippen LogP contribution in [-0.2, 0) is 0 Å². The van der Waals surface area contributed by atoms with Crippen molar-refractivity contribution in [1.82, 2.24) is 10.7 Å². The van der Waals surface area contributed by atoms with Crippen molar-refractivity contribution in [2.45, 2.75) is 18.5 Å². The van der Waals surface area contributed by atoms with Gasteiger partial charge in [-0.15, -0.1) is 0 Å². The van der Waals surface area contributed by atoms with Crippen molar-refractivity contribution in [3.8, 4) is 0 Å². The third-order valence-corrected chi connectivity index (χ3v) is 4.22. The Kier molecular flexibility index (Phi) is 2.72. The molecule has 17 heavy (non-hydrogen) atoms. The van der Waals surface area contributed by atoms with E-state index in [1.54, 1.807) is 5.01 Å². The van der Waals surface area contributed by atoms with Gasteiger partial charge in [0.1, 0.15) is 5.66 Å². The van der Waals surface area contributed by atoms with E-state index in [9.17, 15) is 4.79 Å². The smallest absolute Gasteiger partial charge is 0.317 e. The number of carbonyl (C=O) groups excluding carboxylic acids is 1. The van der Waals surface area contributed by atoms with E-state index in [1.807, 2.05) is 42.1 Å².